The van der Waals surface area contributed by atoms with E-state index in [1.54, 1.807) is 11.0 Å². The molecule has 0 aliphatic heterocycles. The van der Waals surface area contributed by atoms with Crippen LogP contribution in [0.2, 0.25) is 0 Å². The van der Waals surface area contributed by atoms with Crippen LogP contribution in [0.4, 0.5) is 0 Å². The van der Waals surface area contributed by atoms with E-state index < -0.39 is 0 Å². The zero-order valence-corrected chi connectivity index (χ0v) is 11.7. The molecular formula is C16H24N2O. The van der Waals surface area contributed by atoms with Gasteiger partial charge < -0.3 is 10.6 Å². The Balaban J connectivity index is 2.57. The fourth-order valence-electron chi connectivity index (χ4n) is 2.03. The number of carbonyl (C=O) groups excluding carboxylic acids is 1. The van der Waals surface area contributed by atoms with E-state index in [9.17, 15) is 4.79 Å². The molecule has 1 aromatic carbocycles. The Bertz CT molecular complexity index is 389. The van der Waals surface area contributed by atoms with Gasteiger partial charge >= 0.3 is 0 Å². The second kappa shape index (κ2) is 8.48. The van der Waals surface area contributed by atoms with Crippen LogP contribution in [-0.4, -0.2) is 29.9 Å². The van der Waals surface area contributed by atoms with Gasteiger partial charge in [0.1, 0.15) is 0 Å². The maximum Gasteiger partial charge on any atom is 0.239 e. The number of carbonyl (C=O) groups is 1. The van der Waals surface area contributed by atoms with Crippen molar-refractivity contribution in [3.05, 3.63) is 48.6 Å². The van der Waals surface area contributed by atoms with Gasteiger partial charge in [0.05, 0.1) is 6.04 Å². The molecule has 3 heteroatoms. The van der Waals surface area contributed by atoms with E-state index in [4.69, 9.17) is 5.73 Å². The summed E-state index contributed by atoms with van der Waals surface area (Å²) in [5, 5.41) is 0. The van der Waals surface area contributed by atoms with E-state index in [0.29, 0.717) is 13.1 Å². The van der Waals surface area contributed by atoms with Crippen LogP contribution in [-0.2, 0) is 11.2 Å². The van der Waals surface area contributed by atoms with Gasteiger partial charge in [-0.05, 0) is 18.4 Å². The number of nitrogens with two attached hydrogens (primary N) is 1. The number of rotatable bonds is 8. The Morgan fingerprint density at radius 3 is 2.68 bits per heavy atom. The van der Waals surface area contributed by atoms with Crippen molar-refractivity contribution < 1.29 is 4.79 Å². The van der Waals surface area contributed by atoms with Crippen molar-refractivity contribution in [2.75, 3.05) is 13.1 Å². The van der Waals surface area contributed by atoms with Gasteiger partial charge in [-0.2, -0.15) is 0 Å². The molecule has 0 radical (unpaired) electrons. The van der Waals surface area contributed by atoms with Gasteiger partial charge in [-0.25, -0.2) is 0 Å². The van der Waals surface area contributed by atoms with Crippen LogP contribution in [0.5, 0.6) is 0 Å². The summed E-state index contributed by atoms with van der Waals surface area (Å²) in [6.45, 7) is 6.99. The lowest BCUT2D eigenvalue weighted by molar-refractivity contribution is -0.132. The molecule has 0 spiro atoms. The summed E-state index contributed by atoms with van der Waals surface area (Å²) in [5.41, 5.74) is 7.13. The molecule has 0 aliphatic rings. The minimum atomic E-state index is -0.388. The van der Waals surface area contributed by atoms with Crippen LogP contribution in [0.25, 0.3) is 0 Å². The lowest BCUT2D eigenvalue weighted by Crippen LogP contribution is -2.44. The summed E-state index contributed by atoms with van der Waals surface area (Å²) >= 11 is 0. The van der Waals surface area contributed by atoms with Gasteiger partial charge in [0, 0.05) is 13.1 Å². The van der Waals surface area contributed by atoms with Crippen LogP contribution < -0.4 is 5.73 Å². The van der Waals surface area contributed by atoms with E-state index in [1.807, 2.05) is 25.1 Å². The van der Waals surface area contributed by atoms with Crippen molar-refractivity contribution in [2.45, 2.75) is 32.2 Å². The van der Waals surface area contributed by atoms with Crippen LogP contribution in [0.3, 0.4) is 0 Å². The summed E-state index contributed by atoms with van der Waals surface area (Å²) in [5.74, 6) is 0.0256. The molecule has 0 saturated heterocycles. The molecule has 19 heavy (non-hydrogen) atoms. The number of nitrogens with zero attached hydrogens (tertiary/aromatic N) is 1. The predicted octanol–water partition coefficient (Wildman–Crippen LogP) is 2.37. The smallest absolute Gasteiger partial charge is 0.239 e. The molecule has 1 unspecified atom stereocenters. The Morgan fingerprint density at radius 2 is 2.11 bits per heavy atom. The van der Waals surface area contributed by atoms with Gasteiger partial charge in [0.25, 0.3) is 0 Å². The predicted molar refractivity (Wildman–Crippen MR) is 79.8 cm³/mol. The van der Waals surface area contributed by atoms with E-state index in [0.717, 1.165) is 19.3 Å². The summed E-state index contributed by atoms with van der Waals surface area (Å²) in [6.07, 6.45) is 4.26. The zero-order valence-electron chi connectivity index (χ0n) is 11.7. The molecule has 1 atom stereocenters. The Hall–Kier alpha value is -1.61. The van der Waals surface area contributed by atoms with Crippen LogP contribution >= 0.6 is 0 Å². The molecular weight excluding hydrogens is 236 g/mol. The fourth-order valence-corrected chi connectivity index (χ4v) is 2.03. The van der Waals surface area contributed by atoms with Gasteiger partial charge in [-0.1, -0.05) is 49.8 Å². The normalized spacial score (nSPS) is 11.9. The maximum absolute atomic E-state index is 12.2. The molecule has 0 fully saturated rings. The first-order valence-electron chi connectivity index (χ1n) is 6.88. The summed E-state index contributed by atoms with van der Waals surface area (Å²) in [6, 6.07) is 9.77. The first-order valence-corrected chi connectivity index (χ1v) is 6.88. The molecule has 1 rings (SSSR count). The molecule has 0 aromatic heterocycles. The molecule has 0 aliphatic carbocycles. The average Bonchev–Trinajstić information content (AvgIpc) is 2.44. The molecule has 104 valence electrons. The van der Waals surface area contributed by atoms with E-state index in [1.165, 1.54) is 5.56 Å². The Morgan fingerprint density at radius 1 is 1.42 bits per heavy atom. The van der Waals surface area contributed by atoms with Crippen LogP contribution in [0.1, 0.15) is 25.3 Å². The first-order chi connectivity index (χ1) is 9.19. The lowest BCUT2D eigenvalue weighted by Gasteiger charge is -2.24. The number of benzene rings is 1. The van der Waals surface area contributed by atoms with Crippen molar-refractivity contribution >= 4 is 5.91 Å². The third kappa shape index (κ3) is 5.26. The van der Waals surface area contributed by atoms with E-state index in [-0.39, 0.29) is 11.9 Å². The summed E-state index contributed by atoms with van der Waals surface area (Å²) in [7, 11) is 0. The van der Waals surface area contributed by atoms with E-state index in [2.05, 4.69) is 18.7 Å². The number of amides is 1. The lowest BCUT2D eigenvalue weighted by atomic mass is 10.1. The highest BCUT2D eigenvalue weighted by molar-refractivity contribution is 5.81. The summed E-state index contributed by atoms with van der Waals surface area (Å²) < 4.78 is 0. The maximum atomic E-state index is 12.2. The highest BCUT2D eigenvalue weighted by atomic mass is 16.2. The molecule has 0 saturated carbocycles. The minimum Gasteiger partial charge on any atom is -0.337 e. The molecule has 1 amide bonds. The standard InChI is InChI=1S/C16H24N2O/c1-3-8-15(17)16(19)18(12-4-2)13-11-14-9-6-5-7-10-14/h4-7,9-10,15H,2-3,8,11-13,17H2,1H3. The molecule has 2 N–H and O–H groups in total. The van der Waals surface area contributed by atoms with E-state index >= 15 is 0 Å². The highest BCUT2D eigenvalue weighted by Crippen LogP contribution is 2.05. The quantitative estimate of drug-likeness (QED) is 0.729. The van der Waals surface area contributed by atoms with Gasteiger partial charge in [0.15, 0.2) is 0 Å². The first kappa shape index (κ1) is 15.4. The Labute approximate surface area is 116 Å². The van der Waals surface area contributed by atoms with Crippen molar-refractivity contribution in [2.24, 2.45) is 5.73 Å². The van der Waals surface area contributed by atoms with Gasteiger partial charge in [-0.3, -0.25) is 4.79 Å². The Kier molecular flexibility index (Phi) is 6.90. The van der Waals surface area contributed by atoms with Crippen molar-refractivity contribution in [3.8, 4) is 0 Å². The fraction of sp³-hybridized carbons (Fsp3) is 0.438. The van der Waals surface area contributed by atoms with Crippen LogP contribution in [0.15, 0.2) is 43.0 Å². The molecule has 0 bridgehead atoms. The number of hydrogen-bond acceptors (Lipinski definition) is 2. The van der Waals surface area contributed by atoms with Gasteiger partial charge in [-0.15, -0.1) is 6.58 Å². The largest absolute Gasteiger partial charge is 0.337 e. The van der Waals surface area contributed by atoms with Crippen molar-refractivity contribution in [3.63, 3.8) is 0 Å². The van der Waals surface area contributed by atoms with Crippen molar-refractivity contribution in [1.29, 1.82) is 0 Å². The summed E-state index contributed by atoms with van der Waals surface area (Å²) in [4.78, 5) is 14.0. The topological polar surface area (TPSA) is 46.3 Å². The SMILES string of the molecule is C=CCN(CCc1ccccc1)C(=O)C(N)CCC. The van der Waals surface area contributed by atoms with Gasteiger partial charge in [0.2, 0.25) is 5.91 Å². The monoisotopic (exact) mass is 260 g/mol. The highest BCUT2D eigenvalue weighted by Gasteiger charge is 2.18. The molecule has 0 heterocycles. The third-order valence-corrected chi connectivity index (χ3v) is 3.09. The van der Waals surface area contributed by atoms with Crippen molar-refractivity contribution in [1.82, 2.24) is 4.90 Å². The second-order valence-corrected chi connectivity index (χ2v) is 4.70. The third-order valence-electron chi connectivity index (χ3n) is 3.09. The average molecular weight is 260 g/mol. The minimum absolute atomic E-state index is 0.0256. The number of hydrogen-bond donors (Lipinski definition) is 1. The van der Waals surface area contributed by atoms with Crippen LogP contribution in [0, 0.1) is 0 Å². The zero-order chi connectivity index (χ0) is 14.1. The molecule has 3 nitrogen and oxygen atoms in total. The second-order valence-electron chi connectivity index (χ2n) is 4.70. The molecule has 1 aromatic rings.